The number of rotatable bonds is 8. The molecule has 1 N–H and O–H groups in total. The Morgan fingerprint density at radius 3 is 2.68 bits per heavy atom. The van der Waals surface area contributed by atoms with E-state index in [0.29, 0.717) is 23.6 Å². The third-order valence-corrected chi connectivity index (χ3v) is 5.44. The standard InChI is InChI=1S/C23H24N4O4/c1-3-4-13-23(17-10-6-5-7-11-17)21(28)27(22(29)25-23)15-19-24-20(26-31-19)16-9-8-12-18(14-16)30-2/h5-12,14H,3-4,13,15H2,1-2H3,(H,25,29)/t23-/m0/s1. The molecule has 3 amide bonds. The van der Waals surface area contributed by atoms with Crippen LogP contribution in [0.5, 0.6) is 5.75 Å². The lowest BCUT2D eigenvalue weighted by molar-refractivity contribution is -0.132. The van der Waals surface area contributed by atoms with E-state index in [1.165, 1.54) is 0 Å². The first-order chi connectivity index (χ1) is 15.1. The van der Waals surface area contributed by atoms with Crippen LogP contribution in [0.15, 0.2) is 59.1 Å². The number of hydrogen-bond donors (Lipinski definition) is 1. The first-order valence-corrected chi connectivity index (χ1v) is 10.2. The Balaban J connectivity index is 1.59. The molecule has 1 aliphatic rings. The molecule has 0 radical (unpaired) electrons. The maximum Gasteiger partial charge on any atom is 0.325 e. The largest absolute Gasteiger partial charge is 0.497 e. The van der Waals surface area contributed by atoms with Gasteiger partial charge in [0.15, 0.2) is 0 Å². The molecule has 0 bridgehead atoms. The fourth-order valence-electron chi connectivity index (χ4n) is 3.78. The predicted octanol–water partition coefficient (Wildman–Crippen LogP) is 3.88. The Morgan fingerprint density at radius 1 is 1.13 bits per heavy atom. The van der Waals surface area contributed by atoms with E-state index in [0.717, 1.165) is 23.3 Å². The molecular weight excluding hydrogens is 396 g/mol. The summed E-state index contributed by atoms with van der Waals surface area (Å²) < 4.78 is 10.6. The van der Waals surface area contributed by atoms with Crippen LogP contribution in [0.3, 0.4) is 0 Å². The summed E-state index contributed by atoms with van der Waals surface area (Å²) in [5.74, 6) is 0.904. The molecule has 2 aromatic carbocycles. The molecule has 160 valence electrons. The molecule has 0 aliphatic carbocycles. The minimum atomic E-state index is -1.08. The van der Waals surface area contributed by atoms with Gasteiger partial charge in [-0.15, -0.1) is 0 Å². The van der Waals surface area contributed by atoms with E-state index < -0.39 is 11.6 Å². The third-order valence-electron chi connectivity index (χ3n) is 5.44. The molecule has 2 heterocycles. The van der Waals surface area contributed by atoms with E-state index in [1.807, 2.05) is 48.5 Å². The van der Waals surface area contributed by atoms with Gasteiger partial charge in [-0.25, -0.2) is 4.79 Å². The fourth-order valence-corrected chi connectivity index (χ4v) is 3.78. The minimum absolute atomic E-state index is 0.0949. The number of ether oxygens (including phenoxy) is 1. The number of methoxy groups -OCH3 is 1. The summed E-state index contributed by atoms with van der Waals surface area (Å²) >= 11 is 0. The number of nitrogens with zero attached hydrogens (tertiary/aromatic N) is 3. The molecule has 1 aliphatic heterocycles. The molecule has 1 atom stereocenters. The topological polar surface area (TPSA) is 97.6 Å². The van der Waals surface area contributed by atoms with Crippen LogP contribution in [0.2, 0.25) is 0 Å². The lowest BCUT2D eigenvalue weighted by Crippen LogP contribution is -2.44. The van der Waals surface area contributed by atoms with Crippen LogP contribution in [-0.4, -0.2) is 34.1 Å². The number of amides is 3. The highest BCUT2D eigenvalue weighted by atomic mass is 16.5. The van der Waals surface area contributed by atoms with Gasteiger partial charge >= 0.3 is 6.03 Å². The van der Waals surface area contributed by atoms with Crippen molar-refractivity contribution >= 4 is 11.9 Å². The van der Waals surface area contributed by atoms with E-state index in [1.54, 1.807) is 13.2 Å². The summed E-state index contributed by atoms with van der Waals surface area (Å²) in [5.41, 5.74) is 0.407. The van der Waals surface area contributed by atoms with Crippen molar-refractivity contribution < 1.29 is 18.8 Å². The van der Waals surface area contributed by atoms with E-state index in [9.17, 15) is 9.59 Å². The van der Waals surface area contributed by atoms with E-state index in [-0.39, 0.29) is 18.3 Å². The van der Waals surface area contributed by atoms with E-state index in [4.69, 9.17) is 9.26 Å². The van der Waals surface area contributed by atoms with Gasteiger partial charge < -0.3 is 14.6 Å². The van der Waals surface area contributed by atoms with E-state index in [2.05, 4.69) is 22.4 Å². The maximum atomic E-state index is 13.4. The molecule has 4 rings (SSSR count). The molecule has 0 unspecified atom stereocenters. The molecule has 3 aromatic rings. The molecule has 0 spiro atoms. The fraction of sp³-hybridized carbons (Fsp3) is 0.304. The van der Waals surface area contributed by atoms with Crippen molar-refractivity contribution in [3.8, 4) is 17.1 Å². The Morgan fingerprint density at radius 2 is 1.94 bits per heavy atom. The van der Waals surface area contributed by atoms with Crippen molar-refractivity contribution in [1.29, 1.82) is 0 Å². The van der Waals surface area contributed by atoms with Crippen LogP contribution < -0.4 is 10.1 Å². The predicted molar refractivity (Wildman–Crippen MR) is 113 cm³/mol. The number of unbranched alkanes of at least 4 members (excludes halogenated alkanes) is 1. The van der Waals surface area contributed by atoms with Gasteiger partial charge in [0, 0.05) is 5.56 Å². The Bertz CT molecular complexity index is 1080. The monoisotopic (exact) mass is 420 g/mol. The number of carbonyl (C=O) groups is 2. The van der Waals surface area contributed by atoms with Gasteiger partial charge in [0.1, 0.15) is 17.8 Å². The molecule has 0 saturated carbocycles. The van der Waals surface area contributed by atoms with Crippen LogP contribution in [0, 0.1) is 0 Å². The Labute approximate surface area is 180 Å². The molecular formula is C23H24N4O4. The first-order valence-electron chi connectivity index (χ1n) is 10.2. The van der Waals surface area contributed by atoms with Crippen LogP contribution in [0.25, 0.3) is 11.4 Å². The zero-order valence-corrected chi connectivity index (χ0v) is 17.5. The highest BCUT2D eigenvalue weighted by molar-refractivity contribution is 6.07. The number of imide groups is 1. The van der Waals surface area contributed by atoms with Crippen LogP contribution in [0.1, 0.15) is 37.6 Å². The van der Waals surface area contributed by atoms with Crippen molar-refractivity contribution in [2.75, 3.05) is 7.11 Å². The Kier molecular flexibility index (Phi) is 5.70. The van der Waals surface area contributed by atoms with Crippen molar-refractivity contribution in [3.63, 3.8) is 0 Å². The van der Waals surface area contributed by atoms with Gasteiger partial charge in [-0.2, -0.15) is 4.98 Å². The first kappa shape index (κ1) is 20.6. The second-order valence-corrected chi connectivity index (χ2v) is 7.44. The van der Waals surface area contributed by atoms with Crippen molar-refractivity contribution in [3.05, 3.63) is 66.1 Å². The highest BCUT2D eigenvalue weighted by Crippen LogP contribution is 2.35. The van der Waals surface area contributed by atoms with Gasteiger partial charge in [0.05, 0.1) is 7.11 Å². The molecule has 31 heavy (non-hydrogen) atoms. The number of nitrogens with one attached hydrogen (secondary N) is 1. The summed E-state index contributed by atoms with van der Waals surface area (Å²) in [6.45, 7) is 1.96. The average molecular weight is 420 g/mol. The van der Waals surface area contributed by atoms with Crippen LogP contribution >= 0.6 is 0 Å². The quantitative estimate of drug-likeness (QED) is 0.556. The normalized spacial score (nSPS) is 18.3. The molecule has 8 heteroatoms. The smallest absolute Gasteiger partial charge is 0.325 e. The number of aromatic nitrogens is 2. The summed E-state index contributed by atoms with van der Waals surface area (Å²) in [7, 11) is 1.58. The van der Waals surface area contributed by atoms with Crippen molar-refractivity contribution in [2.45, 2.75) is 38.3 Å². The lowest BCUT2D eigenvalue weighted by atomic mass is 9.85. The zero-order valence-electron chi connectivity index (χ0n) is 17.5. The SMILES string of the molecule is CCCC[C@@]1(c2ccccc2)NC(=O)N(Cc2nc(-c3cccc(OC)c3)no2)C1=O. The second kappa shape index (κ2) is 8.59. The van der Waals surface area contributed by atoms with Gasteiger partial charge in [-0.3, -0.25) is 9.69 Å². The summed E-state index contributed by atoms with van der Waals surface area (Å²) in [6, 6.07) is 16.1. The average Bonchev–Trinajstić information content (AvgIpc) is 3.37. The number of hydrogen-bond acceptors (Lipinski definition) is 6. The maximum absolute atomic E-state index is 13.4. The minimum Gasteiger partial charge on any atom is -0.497 e. The summed E-state index contributed by atoms with van der Waals surface area (Å²) in [5, 5.41) is 6.91. The molecule has 1 aromatic heterocycles. The molecule has 8 nitrogen and oxygen atoms in total. The van der Waals surface area contributed by atoms with Gasteiger partial charge in [0.25, 0.3) is 5.91 Å². The number of carbonyl (C=O) groups excluding carboxylic acids is 2. The van der Waals surface area contributed by atoms with Crippen molar-refractivity contribution in [1.82, 2.24) is 20.4 Å². The third kappa shape index (κ3) is 3.88. The number of urea groups is 1. The van der Waals surface area contributed by atoms with Gasteiger partial charge in [-0.05, 0) is 24.1 Å². The summed E-state index contributed by atoms with van der Waals surface area (Å²) in [6.07, 6.45) is 2.23. The van der Waals surface area contributed by atoms with Crippen molar-refractivity contribution in [2.24, 2.45) is 0 Å². The van der Waals surface area contributed by atoms with Crippen LogP contribution in [0.4, 0.5) is 4.79 Å². The Hall–Kier alpha value is -3.68. The molecule has 1 fully saturated rings. The molecule has 1 saturated heterocycles. The van der Waals surface area contributed by atoms with Gasteiger partial charge in [-0.1, -0.05) is 67.4 Å². The lowest BCUT2D eigenvalue weighted by Gasteiger charge is -2.27. The second-order valence-electron chi connectivity index (χ2n) is 7.44. The summed E-state index contributed by atoms with van der Waals surface area (Å²) in [4.78, 5) is 31.7. The van der Waals surface area contributed by atoms with E-state index >= 15 is 0 Å². The zero-order chi connectivity index (χ0) is 21.8. The number of benzene rings is 2. The van der Waals surface area contributed by atoms with Crippen LogP contribution in [-0.2, 0) is 16.9 Å². The van der Waals surface area contributed by atoms with Gasteiger partial charge in [0.2, 0.25) is 11.7 Å². The highest BCUT2D eigenvalue weighted by Gasteiger charge is 2.52.